The second-order valence-corrected chi connectivity index (χ2v) is 8.43. The van der Waals surface area contributed by atoms with E-state index in [1.807, 2.05) is 48.8 Å². The number of nitrogens with zero attached hydrogens (tertiary/aromatic N) is 4. The van der Waals surface area contributed by atoms with Gasteiger partial charge in [0.25, 0.3) is 5.56 Å². The maximum Gasteiger partial charge on any atom is 0.296 e. The molecular weight excluding hydrogens is 404 g/mol. The molecule has 2 saturated heterocycles. The van der Waals surface area contributed by atoms with Gasteiger partial charge in [-0.3, -0.25) is 9.69 Å². The van der Waals surface area contributed by atoms with E-state index in [0.717, 1.165) is 63.5 Å². The third kappa shape index (κ3) is 4.56. The fourth-order valence-electron chi connectivity index (χ4n) is 4.48. The number of H-pyrrole nitrogens is 1. The van der Waals surface area contributed by atoms with Crippen LogP contribution in [-0.4, -0.2) is 65.1 Å². The number of anilines is 2. The van der Waals surface area contributed by atoms with Crippen molar-refractivity contribution in [2.45, 2.75) is 25.5 Å². The summed E-state index contributed by atoms with van der Waals surface area (Å²) in [5.74, 6) is 0. The van der Waals surface area contributed by atoms with Crippen LogP contribution >= 0.6 is 0 Å². The van der Waals surface area contributed by atoms with Crippen LogP contribution in [0.15, 0.2) is 59.7 Å². The summed E-state index contributed by atoms with van der Waals surface area (Å²) in [4.78, 5) is 21.4. The van der Waals surface area contributed by atoms with Crippen molar-refractivity contribution in [2.24, 2.45) is 0 Å². The van der Waals surface area contributed by atoms with Crippen LogP contribution in [0.25, 0.3) is 5.69 Å². The minimum Gasteiger partial charge on any atom is -0.376 e. The zero-order chi connectivity index (χ0) is 21.8. The molecule has 2 aliphatic heterocycles. The van der Waals surface area contributed by atoms with Gasteiger partial charge in [0.15, 0.2) is 0 Å². The van der Waals surface area contributed by atoms with Crippen molar-refractivity contribution in [3.8, 4) is 5.69 Å². The molecule has 2 fully saturated rings. The van der Waals surface area contributed by atoms with Gasteiger partial charge in [-0.1, -0.05) is 18.2 Å². The first kappa shape index (κ1) is 20.8. The predicted octanol–water partition coefficient (Wildman–Crippen LogP) is 2.47. The Morgan fingerprint density at radius 1 is 1.09 bits per heavy atom. The second-order valence-electron chi connectivity index (χ2n) is 8.43. The molecule has 8 heteroatoms. The smallest absolute Gasteiger partial charge is 0.296 e. The topological polar surface area (TPSA) is 78.4 Å². The van der Waals surface area contributed by atoms with Gasteiger partial charge in [-0.05, 0) is 37.1 Å². The Morgan fingerprint density at radius 3 is 2.66 bits per heavy atom. The molecule has 2 aliphatic rings. The maximum absolute atomic E-state index is 13.5. The number of benzene rings is 1. The lowest BCUT2D eigenvalue weighted by molar-refractivity contribution is 0.120. The van der Waals surface area contributed by atoms with Crippen molar-refractivity contribution < 1.29 is 4.74 Å². The van der Waals surface area contributed by atoms with Crippen LogP contribution < -0.4 is 15.8 Å². The lowest BCUT2D eigenvalue weighted by atomic mass is 10.2. The molecule has 8 nitrogen and oxygen atoms in total. The average Bonchev–Trinajstić information content (AvgIpc) is 3.54. The zero-order valence-corrected chi connectivity index (χ0v) is 18.2. The van der Waals surface area contributed by atoms with Gasteiger partial charge in [0, 0.05) is 57.8 Å². The standard InChI is InChI=1S/C24H30N6O2/c31-24-23(26-16-21-9-5-15-32-21)22(17-27-30(24)20-7-2-1-3-8-20)29-13-11-28(12-14-29)18-19-6-4-10-25-19/h1-4,6-8,10,17,21,25-26H,5,9,11-16,18H2. The number of hydrogen-bond donors (Lipinski definition) is 2. The Balaban J connectivity index is 1.37. The predicted molar refractivity (Wildman–Crippen MR) is 126 cm³/mol. The monoisotopic (exact) mass is 434 g/mol. The number of aromatic amines is 1. The molecule has 1 atom stereocenters. The Labute approximate surface area is 187 Å². The SMILES string of the molecule is O=c1c(NCC2CCCO2)c(N2CCN(Cc3ccc[nH]3)CC2)cnn1-c1ccccc1. The highest BCUT2D eigenvalue weighted by molar-refractivity contribution is 5.68. The lowest BCUT2D eigenvalue weighted by Crippen LogP contribution is -2.47. The van der Waals surface area contributed by atoms with Crippen molar-refractivity contribution >= 4 is 11.4 Å². The van der Waals surface area contributed by atoms with Gasteiger partial charge >= 0.3 is 0 Å². The van der Waals surface area contributed by atoms with E-state index in [0.29, 0.717) is 12.2 Å². The number of aromatic nitrogens is 3. The molecule has 168 valence electrons. The van der Waals surface area contributed by atoms with Gasteiger partial charge in [-0.15, -0.1) is 0 Å². The molecule has 0 aliphatic carbocycles. The normalized spacial score (nSPS) is 19.4. The summed E-state index contributed by atoms with van der Waals surface area (Å²) >= 11 is 0. The maximum atomic E-state index is 13.5. The van der Waals surface area contributed by atoms with E-state index in [2.05, 4.69) is 31.3 Å². The number of piperazine rings is 1. The molecule has 2 aromatic heterocycles. The van der Waals surface area contributed by atoms with Crippen LogP contribution in [0.1, 0.15) is 18.5 Å². The van der Waals surface area contributed by atoms with E-state index in [4.69, 9.17) is 4.74 Å². The van der Waals surface area contributed by atoms with Crippen LogP contribution in [0.5, 0.6) is 0 Å². The second kappa shape index (κ2) is 9.58. The van der Waals surface area contributed by atoms with Crippen molar-refractivity contribution in [3.63, 3.8) is 0 Å². The average molecular weight is 435 g/mol. The van der Waals surface area contributed by atoms with Crippen molar-refractivity contribution in [3.05, 3.63) is 70.9 Å². The summed E-state index contributed by atoms with van der Waals surface area (Å²) in [7, 11) is 0. The van der Waals surface area contributed by atoms with Gasteiger partial charge in [-0.2, -0.15) is 9.78 Å². The summed E-state index contributed by atoms with van der Waals surface area (Å²) in [6.45, 7) is 5.93. The molecule has 0 radical (unpaired) electrons. The largest absolute Gasteiger partial charge is 0.376 e. The Bertz CT molecular complexity index is 1050. The van der Waals surface area contributed by atoms with E-state index < -0.39 is 0 Å². The molecule has 0 saturated carbocycles. The highest BCUT2D eigenvalue weighted by atomic mass is 16.5. The number of rotatable bonds is 7. The van der Waals surface area contributed by atoms with Gasteiger partial charge in [-0.25, -0.2) is 0 Å². The highest BCUT2D eigenvalue weighted by Crippen LogP contribution is 2.24. The van der Waals surface area contributed by atoms with Gasteiger partial charge in [0.1, 0.15) is 5.69 Å². The summed E-state index contributed by atoms with van der Waals surface area (Å²) in [6.07, 6.45) is 6.04. The molecule has 0 bridgehead atoms. The van der Waals surface area contributed by atoms with Gasteiger partial charge < -0.3 is 19.9 Å². The summed E-state index contributed by atoms with van der Waals surface area (Å²) in [5.41, 5.74) is 3.35. The van der Waals surface area contributed by atoms with Crippen LogP contribution in [0, 0.1) is 0 Å². The molecule has 1 aromatic carbocycles. The summed E-state index contributed by atoms with van der Waals surface area (Å²) in [6, 6.07) is 13.7. The molecule has 2 N–H and O–H groups in total. The number of ether oxygens (including phenoxy) is 1. The number of hydrogen-bond acceptors (Lipinski definition) is 6. The van der Waals surface area contributed by atoms with Gasteiger partial charge in [0.05, 0.1) is 23.7 Å². The fourth-order valence-corrected chi connectivity index (χ4v) is 4.48. The third-order valence-electron chi connectivity index (χ3n) is 6.26. The highest BCUT2D eigenvalue weighted by Gasteiger charge is 2.24. The van der Waals surface area contributed by atoms with Crippen LogP contribution in [-0.2, 0) is 11.3 Å². The molecular formula is C24H30N6O2. The van der Waals surface area contributed by atoms with Crippen LogP contribution in [0.2, 0.25) is 0 Å². The van der Waals surface area contributed by atoms with E-state index >= 15 is 0 Å². The molecule has 4 heterocycles. The quantitative estimate of drug-likeness (QED) is 0.595. The Morgan fingerprint density at radius 2 is 1.94 bits per heavy atom. The Kier molecular flexibility index (Phi) is 6.22. The number of nitrogens with one attached hydrogen (secondary N) is 2. The zero-order valence-electron chi connectivity index (χ0n) is 18.2. The van der Waals surface area contributed by atoms with Crippen LogP contribution in [0.3, 0.4) is 0 Å². The molecule has 0 amide bonds. The lowest BCUT2D eigenvalue weighted by Gasteiger charge is -2.36. The van der Waals surface area contributed by atoms with E-state index in [-0.39, 0.29) is 11.7 Å². The number of para-hydroxylation sites is 1. The molecule has 1 unspecified atom stereocenters. The first-order valence-electron chi connectivity index (χ1n) is 11.4. The van der Waals surface area contributed by atoms with E-state index in [9.17, 15) is 4.79 Å². The first-order chi connectivity index (χ1) is 15.8. The van der Waals surface area contributed by atoms with Crippen molar-refractivity contribution in [1.82, 2.24) is 19.7 Å². The Hall–Kier alpha value is -3.10. The fraction of sp³-hybridized carbons (Fsp3) is 0.417. The summed E-state index contributed by atoms with van der Waals surface area (Å²) in [5, 5.41) is 7.94. The summed E-state index contributed by atoms with van der Waals surface area (Å²) < 4.78 is 7.24. The molecule has 3 aromatic rings. The van der Waals surface area contributed by atoms with E-state index in [1.165, 1.54) is 10.4 Å². The molecule has 0 spiro atoms. The van der Waals surface area contributed by atoms with Gasteiger partial charge in [0.2, 0.25) is 0 Å². The molecule has 32 heavy (non-hydrogen) atoms. The van der Waals surface area contributed by atoms with Crippen molar-refractivity contribution in [1.29, 1.82) is 0 Å². The molecule has 5 rings (SSSR count). The van der Waals surface area contributed by atoms with Crippen LogP contribution in [0.4, 0.5) is 11.4 Å². The first-order valence-corrected chi connectivity index (χ1v) is 11.4. The minimum absolute atomic E-state index is 0.125. The van der Waals surface area contributed by atoms with E-state index in [1.54, 1.807) is 0 Å². The minimum atomic E-state index is -0.125. The van der Waals surface area contributed by atoms with Crippen molar-refractivity contribution in [2.75, 3.05) is 49.5 Å². The third-order valence-corrected chi connectivity index (χ3v) is 6.26.